The molecule has 1 amide bonds. The number of aromatic amines is 1. The Morgan fingerprint density at radius 1 is 1.24 bits per heavy atom. The quantitative estimate of drug-likeness (QED) is 0.844. The second-order valence-electron chi connectivity index (χ2n) is 5.11. The Labute approximate surface area is 103 Å². The van der Waals surface area contributed by atoms with Crippen LogP contribution in [-0.4, -0.2) is 22.1 Å². The SMILES string of the molecule is Cc1n[nH]c(C)c1[C@@H](C)C(=O)N[C@H](C)C(C)C. The molecular formula is C13H23N3O. The Kier molecular flexibility index (Phi) is 4.32. The van der Waals surface area contributed by atoms with Gasteiger partial charge in [0.2, 0.25) is 5.91 Å². The third kappa shape index (κ3) is 3.08. The molecule has 0 unspecified atom stereocenters. The molecule has 2 atom stereocenters. The Bertz CT molecular complexity index is 376. The highest BCUT2D eigenvalue weighted by molar-refractivity contribution is 5.84. The van der Waals surface area contributed by atoms with E-state index < -0.39 is 0 Å². The Morgan fingerprint density at radius 3 is 2.24 bits per heavy atom. The van der Waals surface area contributed by atoms with Crippen molar-refractivity contribution in [1.29, 1.82) is 0 Å². The van der Waals surface area contributed by atoms with Gasteiger partial charge >= 0.3 is 0 Å². The van der Waals surface area contributed by atoms with E-state index in [4.69, 9.17) is 0 Å². The van der Waals surface area contributed by atoms with Crippen molar-refractivity contribution in [2.75, 3.05) is 0 Å². The minimum atomic E-state index is -0.157. The maximum atomic E-state index is 12.1. The molecule has 0 radical (unpaired) electrons. The number of H-pyrrole nitrogens is 1. The molecular weight excluding hydrogens is 214 g/mol. The van der Waals surface area contributed by atoms with Crippen molar-refractivity contribution in [2.45, 2.75) is 53.5 Å². The number of carbonyl (C=O) groups is 1. The average Bonchev–Trinajstić information content (AvgIpc) is 2.57. The lowest BCUT2D eigenvalue weighted by atomic mass is 9.97. The first-order chi connectivity index (χ1) is 7.84. The number of aryl methyl sites for hydroxylation is 2. The van der Waals surface area contributed by atoms with Crippen molar-refractivity contribution in [3.8, 4) is 0 Å². The van der Waals surface area contributed by atoms with Gasteiger partial charge < -0.3 is 5.32 Å². The van der Waals surface area contributed by atoms with Crippen molar-refractivity contribution in [3.05, 3.63) is 17.0 Å². The summed E-state index contributed by atoms with van der Waals surface area (Å²) >= 11 is 0. The van der Waals surface area contributed by atoms with E-state index in [1.54, 1.807) is 0 Å². The van der Waals surface area contributed by atoms with Crippen LogP contribution < -0.4 is 5.32 Å². The van der Waals surface area contributed by atoms with Crippen LogP contribution in [0.1, 0.15) is 50.6 Å². The van der Waals surface area contributed by atoms with Gasteiger partial charge in [0.05, 0.1) is 11.6 Å². The zero-order chi connectivity index (χ0) is 13.2. The fourth-order valence-electron chi connectivity index (χ4n) is 1.84. The van der Waals surface area contributed by atoms with Gasteiger partial charge in [-0.15, -0.1) is 0 Å². The molecule has 4 nitrogen and oxygen atoms in total. The average molecular weight is 237 g/mol. The van der Waals surface area contributed by atoms with Crippen LogP contribution in [0.15, 0.2) is 0 Å². The molecule has 0 fully saturated rings. The number of amides is 1. The zero-order valence-electron chi connectivity index (χ0n) is 11.6. The smallest absolute Gasteiger partial charge is 0.227 e. The lowest BCUT2D eigenvalue weighted by Gasteiger charge is -2.20. The first-order valence-electron chi connectivity index (χ1n) is 6.16. The van der Waals surface area contributed by atoms with E-state index in [9.17, 15) is 4.79 Å². The zero-order valence-corrected chi connectivity index (χ0v) is 11.6. The van der Waals surface area contributed by atoms with Crippen LogP contribution >= 0.6 is 0 Å². The molecule has 1 rings (SSSR count). The fraction of sp³-hybridized carbons (Fsp3) is 0.692. The number of hydrogen-bond donors (Lipinski definition) is 2. The molecule has 1 aromatic heterocycles. The number of aromatic nitrogens is 2. The van der Waals surface area contributed by atoms with E-state index >= 15 is 0 Å². The Morgan fingerprint density at radius 2 is 1.82 bits per heavy atom. The summed E-state index contributed by atoms with van der Waals surface area (Å²) in [5, 5.41) is 10.1. The van der Waals surface area contributed by atoms with Crippen LogP contribution in [0, 0.1) is 19.8 Å². The van der Waals surface area contributed by atoms with E-state index in [0.29, 0.717) is 5.92 Å². The van der Waals surface area contributed by atoms with Gasteiger partial charge in [-0.2, -0.15) is 5.10 Å². The summed E-state index contributed by atoms with van der Waals surface area (Å²) in [6.07, 6.45) is 0. The normalized spacial score (nSPS) is 14.8. The van der Waals surface area contributed by atoms with Crippen LogP contribution in [-0.2, 0) is 4.79 Å². The molecule has 0 aliphatic carbocycles. The van der Waals surface area contributed by atoms with Crippen LogP contribution in [0.5, 0.6) is 0 Å². The summed E-state index contributed by atoms with van der Waals surface area (Å²) < 4.78 is 0. The summed E-state index contributed by atoms with van der Waals surface area (Å²) in [6, 6.07) is 0.192. The topological polar surface area (TPSA) is 57.8 Å². The molecule has 2 N–H and O–H groups in total. The molecule has 1 aromatic rings. The third-order valence-corrected chi connectivity index (χ3v) is 3.38. The lowest BCUT2D eigenvalue weighted by molar-refractivity contribution is -0.123. The van der Waals surface area contributed by atoms with E-state index in [0.717, 1.165) is 17.0 Å². The second-order valence-corrected chi connectivity index (χ2v) is 5.11. The van der Waals surface area contributed by atoms with Crippen molar-refractivity contribution < 1.29 is 4.79 Å². The van der Waals surface area contributed by atoms with Crippen molar-refractivity contribution in [1.82, 2.24) is 15.5 Å². The molecule has 0 saturated heterocycles. The fourth-order valence-corrected chi connectivity index (χ4v) is 1.84. The van der Waals surface area contributed by atoms with Crippen LogP contribution in [0.25, 0.3) is 0 Å². The van der Waals surface area contributed by atoms with Gasteiger partial charge in [0.15, 0.2) is 0 Å². The molecule has 0 aliphatic heterocycles. The van der Waals surface area contributed by atoms with Gasteiger partial charge in [0, 0.05) is 17.3 Å². The Hall–Kier alpha value is -1.32. The van der Waals surface area contributed by atoms with Crippen molar-refractivity contribution in [3.63, 3.8) is 0 Å². The number of rotatable bonds is 4. The van der Waals surface area contributed by atoms with Gasteiger partial charge in [-0.05, 0) is 33.6 Å². The van der Waals surface area contributed by atoms with E-state index in [1.165, 1.54) is 0 Å². The summed E-state index contributed by atoms with van der Waals surface area (Å²) in [5.41, 5.74) is 2.89. The van der Waals surface area contributed by atoms with Crippen LogP contribution in [0.2, 0.25) is 0 Å². The minimum Gasteiger partial charge on any atom is -0.353 e. The third-order valence-electron chi connectivity index (χ3n) is 3.38. The molecule has 0 saturated carbocycles. The summed E-state index contributed by atoms with van der Waals surface area (Å²) in [5.74, 6) is 0.353. The number of nitrogens with one attached hydrogen (secondary N) is 2. The molecule has 4 heteroatoms. The number of hydrogen-bond acceptors (Lipinski definition) is 2. The van der Waals surface area contributed by atoms with E-state index in [2.05, 4.69) is 29.4 Å². The number of carbonyl (C=O) groups excluding carboxylic acids is 1. The second kappa shape index (κ2) is 5.34. The van der Waals surface area contributed by atoms with E-state index in [1.807, 2.05) is 27.7 Å². The van der Waals surface area contributed by atoms with Crippen molar-refractivity contribution >= 4 is 5.91 Å². The number of nitrogens with zero attached hydrogens (tertiary/aromatic N) is 1. The highest BCUT2D eigenvalue weighted by Gasteiger charge is 2.22. The molecule has 1 heterocycles. The van der Waals surface area contributed by atoms with Gasteiger partial charge in [0.25, 0.3) is 0 Å². The first-order valence-corrected chi connectivity index (χ1v) is 6.16. The Balaban J connectivity index is 2.77. The molecule has 96 valence electrons. The van der Waals surface area contributed by atoms with Gasteiger partial charge in [-0.25, -0.2) is 0 Å². The molecule has 0 spiro atoms. The first kappa shape index (κ1) is 13.7. The van der Waals surface area contributed by atoms with Gasteiger partial charge in [0.1, 0.15) is 0 Å². The molecule has 0 aliphatic rings. The largest absolute Gasteiger partial charge is 0.353 e. The maximum Gasteiger partial charge on any atom is 0.227 e. The summed E-state index contributed by atoms with van der Waals surface area (Å²) in [7, 11) is 0. The molecule has 0 aromatic carbocycles. The molecule has 17 heavy (non-hydrogen) atoms. The van der Waals surface area contributed by atoms with Crippen LogP contribution in [0.3, 0.4) is 0 Å². The standard InChI is InChI=1S/C13H23N3O/c1-7(2)9(4)14-13(17)8(3)12-10(5)15-16-11(12)6/h7-9H,1-6H3,(H,14,17)(H,15,16)/t8-,9-/m1/s1. The molecule has 0 bridgehead atoms. The summed E-state index contributed by atoms with van der Waals surface area (Å²) in [6.45, 7) is 12.0. The van der Waals surface area contributed by atoms with Crippen LogP contribution in [0.4, 0.5) is 0 Å². The highest BCUT2D eigenvalue weighted by atomic mass is 16.1. The predicted molar refractivity (Wildman–Crippen MR) is 68.9 cm³/mol. The minimum absolute atomic E-state index is 0.0683. The maximum absolute atomic E-state index is 12.1. The highest BCUT2D eigenvalue weighted by Crippen LogP contribution is 2.21. The van der Waals surface area contributed by atoms with Gasteiger partial charge in [-0.3, -0.25) is 9.89 Å². The predicted octanol–water partition coefficient (Wildman–Crippen LogP) is 2.29. The lowest BCUT2D eigenvalue weighted by Crippen LogP contribution is -2.38. The van der Waals surface area contributed by atoms with E-state index in [-0.39, 0.29) is 17.9 Å². The monoisotopic (exact) mass is 237 g/mol. The van der Waals surface area contributed by atoms with Gasteiger partial charge in [-0.1, -0.05) is 13.8 Å². The van der Waals surface area contributed by atoms with Crippen molar-refractivity contribution in [2.24, 2.45) is 5.92 Å². The summed E-state index contributed by atoms with van der Waals surface area (Å²) in [4.78, 5) is 12.1.